The smallest absolute Gasteiger partial charge is 0.393 e. The molecule has 0 saturated heterocycles. The van der Waals surface area contributed by atoms with Crippen molar-refractivity contribution in [2.24, 2.45) is 11.8 Å². The van der Waals surface area contributed by atoms with Crippen LogP contribution < -0.4 is 4.72 Å². The highest BCUT2D eigenvalue weighted by Crippen LogP contribution is 2.36. The van der Waals surface area contributed by atoms with Gasteiger partial charge in [-0.05, 0) is 66.1 Å². The lowest BCUT2D eigenvalue weighted by Gasteiger charge is -2.19. The Labute approximate surface area is 214 Å². The molecule has 4 N–H and O–H groups in total. The van der Waals surface area contributed by atoms with E-state index in [4.69, 9.17) is 0 Å². The molecule has 1 amide bonds. The number of hydrogen-bond acceptors (Lipinski definition) is 7. The van der Waals surface area contributed by atoms with Gasteiger partial charge < -0.3 is 15.3 Å². The molecule has 2 rings (SSSR count). The van der Waals surface area contributed by atoms with E-state index in [1.165, 1.54) is 0 Å². The molecule has 0 aliphatic heterocycles. The van der Waals surface area contributed by atoms with Crippen LogP contribution in [0.25, 0.3) is 0 Å². The summed E-state index contributed by atoms with van der Waals surface area (Å²) in [6, 6.07) is 3.94. The minimum Gasteiger partial charge on any atom is -0.393 e. The second-order valence-corrected chi connectivity index (χ2v) is 12.6. The highest BCUT2D eigenvalue weighted by Gasteiger charge is 2.46. The normalized spacial score (nSPS) is 24.4. The van der Waals surface area contributed by atoms with Gasteiger partial charge in [0.25, 0.3) is 0 Å². The number of allylic oxidation sites excluding steroid dienone is 2. The van der Waals surface area contributed by atoms with Crippen LogP contribution in [-0.4, -0.2) is 53.5 Å². The van der Waals surface area contributed by atoms with E-state index < -0.39 is 46.2 Å². The molecule has 13 heteroatoms. The van der Waals surface area contributed by atoms with Crippen LogP contribution in [0.15, 0.2) is 40.2 Å². The molecule has 0 spiro atoms. The summed E-state index contributed by atoms with van der Waals surface area (Å²) < 4.78 is 60.6. The van der Waals surface area contributed by atoms with Crippen molar-refractivity contribution in [3.8, 4) is 0 Å². The molecule has 1 fully saturated rings. The third kappa shape index (κ3) is 9.62. The number of alkyl halides is 3. The van der Waals surface area contributed by atoms with Gasteiger partial charge in [0.2, 0.25) is 5.91 Å². The fraction of sp³-hybridized carbons (Fsp3) is 0.591. The number of amides is 1. The minimum absolute atomic E-state index is 0.141. The maximum atomic E-state index is 12.3. The number of aliphatic hydroxyl groups is 3. The average Bonchev–Trinajstić information content (AvgIpc) is 3.28. The van der Waals surface area contributed by atoms with Gasteiger partial charge >= 0.3 is 15.5 Å². The number of aliphatic hydroxyl groups excluding tert-OH is 3. The lowest BCUT2D eigenvalue weighted by atomic mass is 9.89. The largest absolute Gasteiger partial charge is 0.516 e. The van der Waals surface area contributed by atoms with Crippen molar-refractivity contribution in [2.75, 3.05) is 0 Å². The van der Waals surface area contributed by atoms with Crippen LogP contribution in [0, 0.1) is 11.8 Å². The maximum Gasteiger partial charge on any atom is 0.516 e. The van der Waals surface area contributed by atoms with Gasteiger partial charge in [-0.15, -0.1) is 11.3 Å². The van der Waals surface area contributed by atoms with Gasteiger partial charge in [0.1, 0.15) is 0 Å². The molecule has 1 saturated carbocycles. The Morgan fingerprint density at radius 2 is 1.97 bits per heavy atom. The van der Waals surface area contributed by atoms with Gasteiger partial charge in [0.15, 0.2) is 0 Å². The van der Waals surface area contributed by atoms with E-state index in [2.05, 4.69) is 15.9 Å². The van der Waals surface area contributed by atoms with Crippen LogP contribution in [0.2, 0.25) is 0 Å². The summed E-state index contributed by atoms with van der Waals surface area (Å²) in [6.07, 6.45) is 6.58. The molecule has 1 aliphatic carbocycles. The number of carbonyl (C=O) groups excluding carboxylic acids is 1. The Morgan fingerprint density at radius 1 is 1.26 bits per heavy atom. The molecule has 198 valence electrons. The van der Waals surface area contributed by atoms with Crippen molar-refractivity contribution in [2.45, 2.75) is 68.8 Å². The molecule has 1 aromatic rings. The zero-order valence-electron chi connectivity index (χ0n) is 18.7. The van der Waals surface area contributed by atoms with Crippen LogP contribution in [0.3, 0.4) is 0 Å². The summed E-state index contributed by atoms with van der Waals surface area (Å²) in [7, 11) is -5.70. The van der Waals surface area contributed by atoms with Gasteiger partial charge in [-0.25, -0.2) is 4.72 Å². The molecule has 35 heavy (non-hydrogen) atoms. The van der Waals surface area contributed by atoms with Crippen molar-refractivity contribution in [1.29, 1.82) is 0 Å². The second-order valence-electron chi connectivity index (χ2n) is 8.38. The van der Waals surface area contributed by atoms with E-state index in [9.17, 15) is 41.7 Å². The Morgan fingerprint density at radius 3 is 2.60 bits per heavy atom. The fourth-order valence-electron chi connectivity index (χ4n) is 3.85. The number of nitrogens with one attached hydrogen (secondary N) is 1. The van der Waals surface area contributed by atoms with E-state index in [1.54, 1.807) is 35.6 Å². The predicted molar refractivity (Wildman–Crippen MR) is 130 cm³/mol. The molecular formula is C22H29BrF3NO6S2. The first-order valence-electron chi connectivity index (χ1n) is 11.0. The molecule has 1 aliphatic rings. The van der Waals surface area contributed by atoms with Crippen molar-refractivity contribution in [3.05, 3.63) is 45.1 Å². The molecule has 0 bridgehead atoms. The monoisotopic (exact) mass is 603 g/mol. The Balaban J connectivity index is 1.77. The van der Waals surface area contributed by atoms with Gasteiger partial charge in [-0.2, -0.15) is 21.6 Å². The molecule has 1 aromatic heterocycles. The molecule has 0 unspecified atom stereocenters. The van der Waals surface area contributed by atoms with E-state index >= 15 is 0 Å². The number of thiophene rings is 1. The number of halogens is 4. The average molecular weight is 605 g/mol. The number of hydrogen-bond donors (Lipinski definition) is 4. The SMILES string of the molecule is O=C(CCCC=CC[C@@H]1[C@@H](C=C[C@@H](O)CCc2ccc(Br)s2)[C@H](O)C[C@@H]1O)NS(=O)(=O)C(F)(F)F. The van der Waals surface area contributed by atoms with Gasteiger partial charge in [-0.3, -0.25) is 4.79 Å². The number of unbranched alkanes of at least 4 members (excludes halogenated alkanes) is 1. The standard InChI is InChI=1S/C22H29BrF3NO6S2/c23-20-12-10-15(34-20)9-7-14(28)8-11-17-16(18(29)13-19(17)30)5-3-1-2-4-6-21(31)27-35(32,33)22(24,25)26/h1,3,8,10-12,14,16-19,28-30H,2,4-7,9,13H2,(H,27,31)/t14-,16+,17+,18-,19+/m0/s1. The first kappa shape index (κ1) is 30.0. The Hall–Kier alpha value is -1.25. The zero-order chi connectivity index (χ0) is 26.2. The van der Waals surface area contributed by atoms with E-state index in [-0.39, 0.29) is 24.7 Å². The van der Waals surface area contributed by atoms with E-state index in [1.807, 2.05) is 12.1 Å². The summed E-state index contributed by atoms with van der Waals surface area (Å²) >= 11 is 5.00. The quantitative estimate of drug-likeness (QED) is 0.213. The first-order chi connectivity index (χ1) is 16.3. The third-order valence-electron chi connectivity index (χ3n) is 5.69. The number of sulfonamides is 1. The summed E-state index contributed by atoms with van der Waals surface area (Å²) in [6.45, 7) is 0. The van der Waals surface area contributed by atoms with Crippen molar-refractivity contribution < 1.29 is 41.7 Å². The maximum absolute atomic E-state index is 12.3. The predicted octanol–water partition coefficient (Wildman–Crippen LogP) is 3.80. The fourth-order valence-corrected chi connectivity index (χ4v) is 5.86. The summed E-state index contributed by atoms with van der Waals surface area (Å²) in [4.78, 5) is 12.6. The minimum atomic E-state index is -5.70. The van der Waals surface area contributed by atoms with Crippen LogP contribution in [-0.2, 0) is 21.2 Å². The van der Waals surface area contributed by atoms with Crippen molar-refractivity contribution in [3.63, 3.8) is 0 Å². The highest BCUT2D eigenvalue weighted by atomic mass is 79.9. The molecule has 0 aromatic carbocycles. The van der Waals surface area contributed by atoms with Gasteiger partial charge in [0, 0.05) is 23.6 Å². The summed E-state index contributed by atoms with van der Waals surface area (Å²) in [5, 5.41) is 30.9. The van der Waals surface area contributed by atoms with Crippen LogP contribution in [0.4, 0.5) is 13.2 Å². The van der Waals surface area contributed by atoms with Crippen LogP contribution >= 0.6 is 27.3 Å². The third-order valence-corrected chi connectivity index (χ3v) is 8.48. The summed E-state index contributed by atoms with van der Waals surface area (Å²) in [5.74, 6) is -1.86. The second kappa shape index (κ2) is 13.3. The van der Waals surface area contributed by atoms with Gasteiger partial charge in [-0.1, -0.05) is 24.3 Å². The highest BCUT2D eigenvalue weighted by molar-refractivity contribution is 9.11. The van der Waals surface area contributed by atoms with Crippen molar-refractivity contribution >= 4 is 43.2 Å². The zero-order valence-corrected chi connectivity index (χ0v) is 21.9. The summed E-state index contributed by atoms with van der Waals surface area (Å²) in [5.41, 5.74) is -5.54. The van der Waals surface area contributed by atoms with Gasteiger partial charge in [0.05, 0.1) is 22.1 Å². The topological polar surface area (TPSA) is 124 Å². The van der Waals surface area contributed by atoms with Crippen LogP contribution in [0.1, 0.15) is 43.4 Å². The lowest BCUT2D eigenvalue weighted by molar-refractivity contribution is -0.120. The number of rotatable bonds is 12. The Kier molecular flexibility index (Phi) is 11.4. The molecular weight excluding hydrogens is 575 g/mol. The van der Waals surface area contributed by atoms with E-state index in [0.29, 0.717) is 25.7 Å². The molecule has 7 nitrogen and oxygen atoms in total. The van der Waals surface area contributed by atoms with E-state index in [0.717, 1.165) is 13.4 Å². The lowest BCUT2D eigenvalue weighted by Crippen LogP contribution is -2.40. The molecule has 1 heterocycles. The van der Waals surface area contributed by atoms with Crippen LogP contribution in [0.5, 0.6) is 0 Å². The first-order valence-corrected chi connectivity index (χ1v) is 14.1. The number of aryl methyl sites for hydroxylation is 1. The molecule has 0 radical (unpaired) electrons. The molecule has 5 atom stereocenters. The number of carbonyl (C=O) groups is 1. The van der Waals surface area contributed by atoms with Crippen molar-refractivity contribution in [1.82, 2.24) is 4.72 Å². The Bertz CT molecular complexity index is 996.